The lowest BCUT2D eigenvalue weighted by Gasteiger charge is -2.25. The number of amides is 1. The van der Waals surface area contributed by atoms with E-state index in [4.69, 9.17) is 4.74 Å². The number of tetrazole rings is 1. The molecule has 2 N–H and O–H groups in total. The number of nitrogens with zero attached hydrogens (tertiary/aromatic N) is 4. The molecule has 19 heavy (non-hydrogen) atoms. The fraction of sp³-hybridized carbons (Fsp3) is 0.273. The second-order valence-electron chi connectivity index (χ2n) is 4.08. The van der Waals surface area contributed by atoms with E-state index in [1.165, 1.54) is 4.80 Å². The summed E-state index contributed by atoms with van der Waals surface area (Å²) in [6.45, 7) is 0.392. The third kappa shape index (κ3) is 2.32. The zero-order valence-corrected chi connectivity index (χ0v) is 10.2. The Morgan fingerprint density at radius 1 is 1.53 bits per heavy atom. The van der Waals surface area contributed by atoms with Crippen LogP contribution in [0.1, 0.15) is 0 Å². The summed E-state index contributed by atoms with van der Waals surface area (Å²) in [6.07, 6.45) is -0.626. The van der Waals surface area contributed by atoms with Crippen molar-refractivity contribution >= 4 is 17.5 Å². The Morgan fingerprint density at radius 3 is 3.16 bits per heavy atom. The fourth-order valence-electron chi connectivity index (χ4n) is 1.78. The molecule has 8 heteroatoms. The second-order valence-corrected chi connectivity index (χ2v) is 4.08. The summed E-state index contributed by atoms with van der Waals surface area (Å²) in [5.41, 5.74) is 0.879. The van der Waals surface area contributed by atoms with E-state index in [2.05, 4.69) is 26.0 Å². The van der Waals surface area contributed by atoms with E-state index in [-0.39, 0.29) is 11.9 Å². The van der Waals surface area contributed by atoms with Gasteiger partial charge in [0.25, 0.3) is 11.9 Å². The molecule has 3 rings (SSSR count). The average Bonchev–Trinajstić information content (AvgIpc) is 2.83. The smallest absolute Gasteiger partial charge is 0.270 e. The van der Waals surface area contributed by atoms with Crippen LogP contribution in [0.5, 0.6) is 5.75 Å². The van der Waals surface area contributed by atoms with Gasteiger partial charge in [-0.3, -0.25) is 10.1 Å². The standard InChI is InChI=1S/C11H12N6O2/c1-17-15-11(14-16-17)13-10(18)9-6-12-7-4-2-3-5-8(7)19-9/h2-5,9,12H,6H2,1H3,(H,13,15,18). The molecule has 0 aliphatic carbocycles. The summed E-state index contributed by atoms with van der Waals surface area (Å²) in [5, 5.41) is 16.9. The van der Waals surface area contributed by atoms with E-state index in [0.29, 0.717) is 12.3 Å². The molecule has 0 saturated heterocycles. The summed E-state index contributed by atoms with van der Waals surface area (Å²) < 4.78 is 5.62. The van der Waals surface area contributed by atoms with Crippen LogP contribution in [0.2, 0.25) is 0 Å². The van der Waals surface area contributed by atoms with Crippen molar-refractivity contribution in [3.63, 3.8) is 0 Å². The monoisotopic (exact) mass is 260 g/mol. The summed E-state index contributed by atoms with van der Waals surface area (Å²) >= 11 is 0. The molecule has 1 aromatic heterocycles. The van der Waals surface area contributed by atoms with Crippen molar-refractivity contribution in [2.45, 2.75) is 6.10 Å². The zero-order chi connectivity index (χ0) is 13.2. The van der Waals surface area contributed by atoms with Crippen LogP contribution in [-0.4, -0.2) is 38.8 Å². The largest absolute Gasteiger partial charge is 0.477 e. The Kier molecular flexibility index (Phi) is 2.75. The molecule has 0 saturated carbocycles. The van der Waals surface area contributed by atoms with Crippen LogP contribution in [-0.2, 0) is 11.8 Å². The lowest BCUT2D eigenvalue weighted by atomic mass is 10.2. The first-order valence-electron chi connectivity index (χ1n) is 5.77. The molecular formula is C11H12N6O2. The van der Waals surface area contributed by atoms with Crippen molar-refractivity contribution in [1.82, 2.24) is 20.2 Å². The van der Waals surface area contributed by atoms with Gasteiger partial charge in [0.15, 0.2) is 6.10 Å². The normalized spacial score (nSPS) is 17.0. The number of benzene rings is 1. The maximum absolute atomic E-state index is 12.0. The predicted molar refractivity (Wildman–Crippen MR) is 66.8 cm³/mol. The van der Waals surface area contributed by atoms with Crippen LogP contribution in [0.4, 0.5) is 11.6 Å². The van der Waals surface area contributed by atoms with Gasteiger partial charge in [-0.2, -0.15) is 4.80 Å². The Balaban J connectivity index is 1.69. The van der Waals surface area contributed by atoms with Crippen LogP contribution >= 0.6 is 0 Å². The van der Waals surface area contributed by atoms with Crippen LogP contribution in [0.3, 0.4) is 0 Å². The molecule has 2 aromatic rings. The SMILES string of the molecule is Cn1nnc(NC(=O)C2CNc3ccccc3O2)n1. The molecule has 1 aromatic carbocycles. The number of aromatic nitrogens is 4. The number of carbonyl (C=O) groups excluding carboxylic acids is 1. The van der Waals surface area contributed by atoms with Crippen molar-refractivity contribution < 1.29 is 9.53 Å². The molecule has 1 aliphatic heterocycles. The number of hydrogen-bond acceptors (Lipinski definition) is 6. The van der Waals surface area contributed by atoms with Crippen molar-refractivity contribution in [3.05, 3.63) is 24.3 Å². The van der Waals surface area contributed by atoms with Crippen LogP contribution in [0, 0.1) is 0 Å². The maximum Gasteiger partial charge on any atom is 0.270 e. The topological polar surface area (TPSA) is 94.0 Å². The van der Waals surface area contributed by atoms with Gasteiger partial charge in [-0.15, -0.1) is 5.10 Å². The Bertz CT molecular complexity index is 611. The number of rotatable bonds is 2. The minimum atomic E-state index is -0.626. The average molecular weight is 260 g/mol. The van der Waals surface area contributed by atoms with Crippen molar-refractivity contribution in [1.29, 1.82) is 0 Å². The first-order valence-corrected chi connectivity index (χ1v) is 5.77. The highest BCUT2D eigenvalue weighted by atomic mass is 16.5. The third-order valence-electron chi connectivity index (χ3n) is 2.67. The lowest BCUT2D eigenvalue weighted by Crippen LogP contribution is -2.41. The van der Waals surface area contributed by atoms with Crippen molar-refractivity contribution in [2.24, 2.45) is 7.05 Å². The highest BCUT2D eigenvalue weighted by Gasteiger charge is 2.26. The summed E-state index contributed by atoms with van der Waals surface area (Å²) in [4.78, 5) is 13.3. The van der Waals surface area contributed by atoms with Gasteiger partial charge in [-0.05, 0) is 17.3 Å². The Hall–Kier alpha value is -2.64. The number of para-hydroxylation sites is 2. The molecule has 1 amide bonds. The molecule has 0 radical (unpaired) electrons. The van der Waals surface area contributed by atoms with Crippen molar-refractivity contribution in [2.75, 3.05) is 17.2 Å². The molecule has 1 unspecified atom stereocenters. The van der Waals surface area contributed by atoms with Gasteiger partial charge >= 0.3 is 0 Å². The first kappa shape index (κ1) is 11.5. The summed E-state index contributed by atoms with van der Waals surface area (Å²) in [5.74, 6) is 0.506. The highest BCUT2D eigenvalue weighted by Crippen LogP contribution is 2.28. The summed E-state index contributed by atoms with van der Waals surface area (Å²) in [7, 11) is 1.62. The minimum Gasteiger partial charge on any atom is -0.477 e. The molecule has 98 valence electrons. The van der Waals surface area contributed by atoms with E-state index >= 15 is 0 Å². The predicted octanol–water partition coefficient (Wildman–Crippen LogP) is 0.0217. The number of fused-ring (bicyclic) bond motifs is 1. The fourth-order valence-corrected chi connectivity index (χ4v) is 1.78. The lowest BCUT2D eigenvalue weighted by molar-refractivity contribution is -0.122. The van der Waals surface area contributed by atoms with Crippen LogP contribution < -0.4 is 15.4 Å². The van der Waals surface area contributed by atoms with Gasteiger partial charge in [0.1, 0.15) is 5.75 Å². The molecular weight excluding hydrogens is 248 g/mol. The highest BCUT2D eigenvalue weighted by molar-refractivity contribution is 5.93. The Labute approximate surface area is 108 Å². The quantitative estimate of drug-likeness (QED) is 0.790. The van der Waals surface area contributed by atoms with Gasteiger partial charge in [-0.1, -0.05) is 17.2 Å². The van der Waals surface area contributed by atoms with E-state index < -0.39 is 6.10 Å². The van der Waals surface area contributed by atoms with E-state index in [9.17, 15) is 4.79 Å². The minimum absolute atomic E-state index is 0.162. The molecule has 0 spiro atoms. The van der Waals surface area contributed by atoms with Crippen LogP contribution in [0.25, 0.3) is 0 Å². The van der Waals surface area contributed by atoms with Gasteiger partial charge in [0.05, 0.1) is 19.3 Å². The van der Waals surface area contributed by atoms with E-state index in [1.54, 1.807) is 7.05 Å². The molecule has 1 atom stereocenters. The van der Waals surface area contributed by atoms with Crippen LogP contribution in [0.15, 0.2) is 24.3 Å². The maximum atomic E-state index is 12.0. The van der Waals surface area contributed by atoms with Gasteiger partial charge in [0.2, 0.25) is 0 Å². The number of aryl methyl sites for hydroxylation is 1. The van der Waals surface area contributed by atoms with E-state index in [1.807, 2.05) is 24.3 Å². The third-order valence-corrected chi connectivity index (χ3v) is 2.67. The van der Waals surface area contributed by atoms with Gasteiger partial charge < -0.3 is 10.1 Å². The number of nitrogens with one attached hydrogen (secondary N) is 2. The molecule has 0 fully saturated rings. The van der Waals surface area contributed by atoms with Crippen molar-refractivity contribution in [3.8, 4) is 5.75 Å². The first-order chi connectivity index (χ1) is 9.22. The number of ether oxygens (including phenoxy) is 1. The molecule has 8 nitrogen and oxygen atoms in total. The zero-order valence-electron chi connectivity index (χ0n) is 10.2. The number of hydrogen-bond donors (Lipinski definition) is 2. The second kappa shape index (κ2) is 4.56. The Morgan fingerprint density at radius 2 is 2.37 bits per heavy atom. The molecule has 1 aliphatic rings. The van der Waals surface area contributed by atoms with Gasteiger partial charge in [0, 0.05) is 0 Å². The molecule has 2 heterocycles. The van der Waals surface area contributed by atoms with E-state index in [0.717, 1.165) is 5.69 Å². The number of anilines is 2. The molecule has 0 bridgehead atoms. The summed E-state index contributed by atoms with van der Waals surface area (Å²) in [6, 6.07) is 7.46. The van der Waals surface area contributed by atoms with Gasteiger partial charge in [-0.25, -0.2) is 0 Å². The number of carbonyl (C=O) groups is 1.